The lowest BCUT2D eigenvalue weighted by Gasteiger charge is -2.11. The minimum absolute atomic E-state index is 0.108. The van der Waals surface area contributed by atoms with Crippen molar-refractivity contribution in [1.29, 1.82) is 0 Å². The molecule has 0 aromatic heterocycles. The molecule has 0 aliphatic heterocycles. The molecule has 1 fully saturated rings. The molecule has 2 rings (SSSR count). The minimum atomic E-state index is -0.827. The molecule has 0 heterocycles. The standard InChI is InChI=1S/C14H15ClO5/c1-2-19-13(16)7-20-12-4-3-8(15)5-10(12)9-6-11(9)14(17)18/h3-5,9,11H,2,6-7H2,1H3,(H,17,18)/t9?,11-/m0/s1. The largest absolute Gasteiger partial charge is 0.482 e. The van der Waals surface area contributed by atoms with Gasteiger partial charge in [-0.05, 0) is 37.1 Å². The fourth-order valence-electron chi connectivity index (χ4n) is 2.09. The van der Waals surface area contributed by atoms with Crippen molar-refractivity contribution >= 4 is 23.5 Å². The van der Waals surface area contributed by atoms with Crippen molar-refractivity contribution in [1.82, 2.24) is 0 Å². The van der Waals surface area contributed by atoms with Gasteiger partial charge in [-0.15, -0.1) is 0 Å². The van der Waals surface area contributed by atoms with E-state index in [2.05, 4.69) is 0 Å². The molecule has 1 unspecified atom stereocenters. The third-order valence-corrected chi connectivity index (χ3v) is 3.36. The predicted octanol–water partition coefficient (Wildman–Crippen LogP) is 2.47. The molecule has 5 nitrogen and oxygen atoms in total. The fraction of sp³-hybridized carbons (Fsp3) is 0.429. The third-order valence-electron chi connectivity index (χ3n) is 3.13. The van der Waals surface area contributed by atoms with Gasteiger partial charge in [-0.25, -0.2) is 4.79 Å². The third kappa shape index (κ3) is 3.42. The summed E-state index contributed by atoms with van der Waals surface area (Å²) in [7, 11) is 0. The van der Waals surface area contributed by atoms with Crippen molar-refractivity contribution in [3.05, 3.63) is 28.8 Å². The molecular formula is C14H15ClO5. The average molecular weight is 299 g/mol. The van der Waals surface area contributed by atoms with Crippen LogP contribution in [0.15, 0.2) is 18.2 Å². The second kappa shape index (κ2) is 6.13. The Balaban J connectivity index is 2.09. The number of aliphatic carboxylic acids is 1. The van der Waals surface area contributed by atoms with Crippen LogP contribution in [0.3, 0.4) is 0 Å². The van der Waals surface area contributed by atoms with E-state index in [1.807, 2.05) is 0 Å². The second-order valence-electron chi connectivity index (χ2n) is 4.56. The van der Waals surface area contributed by atoms with Gasteiger partial charge in [0.05, 0.1) is 12.5 Å². The molecule has 108 valence electrons. The Morgan fingerprint density at radius 1 is 1.45 bits per heavy atom. The Kier molecular flexibility index (Phi) is 4.49. The summed E-state index contributed by atoms with van der Waals surface area (Å²) >= 11 is 5.93. The maximum Gasteiger partial charge on any atom is 0.344 e. The zero-order valence-electron chi connectivity index (χ0n) is 11.0. The van der Waals surface area contributed by atoms with Crippen molar-refractivity contribution in [3.8, 4) is 5.75 Å². The Morgan fingerprint density at radius 2 is 2.20 bits per heavy atom. The number of hydrogen-bond acceptors (Lipinski definition) is 4. The molecule has 6 heteroatoms. The van der Waals surface area contributed by atoms with Gasteiger partial charge in [0.15, 0.2) is 6.61 Å². The molecule has 2 atom stereocenters. The fourth-order valence-corrected chi connectivity index (χ4v) is 2.27. The van der Waals surface area contributed by atoms with Crippen LogP contribution in [0.25, 0.3) is 0 Å². The molecule has 1 N–H and O–H groups in total. The number of benzene rings is 1. The number of halogens is 1. The lowest BCUT2D eigenvalue weighted by molar-refractivity contribution is -0.145. The average Bonchev–Trinajstić information content (AvgIpc) is 3.18. The van der Waals surface area contributed by atoms with E-state index in [9.17, 15) is 9.59 Å². The maximum absolute atomic E-state index is 11.3. The smallest absolute Gasteiger partial charge is 0.344 e. The van der Waals surface area contributed by atoms with Gasteiger partial charge >= 0.3 is 11.9 Å². The van der Waals surface area contributed by atoms with E-state index < -0.39 is 17.9 Å². The van der Waals surface area contributed by atoms with Gasteiger partial charge in [0.2, 0.25) is 0 Å². The molecule has 0 spiro atoms. The van der Waals surface area contributed by atoms with Crippen LogP contribution in [0.2, 0.25) is 5.02 Å². The summed E-state index contributed by atoms with van der Waals surface area (Å²) in [5, 5.41) is 9.50. The summed E-state index contributed by atoms with van der Waals surface area (Å²) < 4.78 is 10.2. The number of esters is 1. The Bertz CT molecular complexity index is 528. The van der Waals surface area contributed by atoms with Gasteiger partial charge in [-0.1, -0.05) is 11.6 Å². The van der Waals surface area contributed by atoms with Crippen LogP contribution in [0, 0.1) is 5.92 Å². The number of hydrogen-bond donors (Lipinski definition) is 1. The van der Waals surface area contributed by atoms with E-state index in [-0.39, 0.29) is 12.5 Å². The maximum atomic E-state index is 11.3. The van der Waals surface area contributed by atoms with E-state index in [1.165, 1.54) is 0 Å². The van der Waals surface area contributed by atoms with Crippen LogP contribution in [-0.2, 0) is 14.3 Å². The molecular weight excluding hydrogens is 284 g/mol. The lowest BCUT2D eigenvalue weighted by Crippen LogP contribution is -2.15. The molecule has 20 heavy (non-hydrogen) atoms. The SMILES string of the molecule is CCOC(=O)COc1ccc(Cl)cc1C1C[C@@H]1C(=O)O. The van der Waals surface area contributed by atoms with Crippen molar-refractivity contribution in [3.63, 3.8) is 0 Å². The lowest BCUT2D eigenvalue weighted by atomic mass is 10.1. The summed E-state index contributed by atoms with van der Waals surface area (Å²) in [6.45, 7) is 1.81. The van der Waals surface area contributed by atoms with Crippen LogP contribution in [0.4, 0.5) is 0 Å². The van der Waals surface area contributed by atoms with E-state index in [1.54, 1.807) is 25.1 Å². The van der Waals surface area contributed by atoms with Gasteiger partial charge in [0.25, 0.3) is 0 Å². The number of carbonyl (C=O) groups is 2. The van der Waals surface area contributed by atoms with Gasteiger partial charge in [-0.2, -0.15) is 0 Å². The zero-order chi connectivity index (χ0) is 14.7. The first kappa shape index (κ1) is 14.7. The highest BCUT2D eigenvalue weighted by atomic mass is 35.5. The highest BCUT2D eigenvalue weighted by Gasteiger charge is 2.45. The molecule has 1 aromatic carbocycles. The van der Waals surface area contributed by atoms with Crippen LogP contribution >= 0.6 is 11.6 Å². The first-order valence-corrected chi connectivity index (χ1v) is 6.71. The van der Waals surface area contributed by atoms with Gasteiger partial charge < -0.3 is 14.6 Å². The molecule has 1 aliphatic rings. The molecule has 1 aliphatic carbocycles. The molecule has 0 amide bonds. The van der Waals surface area contributed by atoms with Crippen molar-refractivity contribution in [2.45, 2.75) is 19.3 Å². The summed E-state index contributed by atoms with van der Waals surface area (Å²) in [5.41, 5.74) is 0.731. The highest BCUT2D eigenvalue weighted by molar-refractivity contribution is 6.30. The number of carboxylic acid groups (broad SMARTS) is 1. The molecule has 1 aromatic rings. The number of carbonyl (C=O) groups excluding carboxylic acids is 1. The molecule has 0 saturated heterocycles. The van der Waals surface area contributed by atoms with E-state index >= 15 is 0 Å². The van der Waals surface area contributed by atoms with E-state index in [0.29, 0.717) is 23.8 Å². The summed E-state index contributed by atoms with van der Waals surface area (Å²) in [6, 6.07) is 4.98. The van der Waals surface area contributed by atoms with E-state index in [4.69, 9.17) is 26.2 Å². The topological polar surface area (TPSA) is 72.8 Å². The molecule has 0 radical (unpaired) electrons. The normalized spacial score (nSPS) is 20.3. The number of rotatable bonds is 6. The van der Waals surface area contributed by atoms with Crippen LogP contribution in [0.5, 0.6) is 5.75 Å². The van der Waals surface area contributed by atoms with Crippen molar-refractivity contribution < 1.29 is 24.2 Å². The van der Waals surface area contributed by atoms with Gasteiger partial charge in [-0.3, -0.25) is 4.79 Å². The number of ether oxygens (including phenoxy) is 2. The van der Waals surface area contributed by atoms with Crippen molar-refractivity contribution in [2.24, 2.45) is 5.92 Å². The van der Waals surface area contributed by atoms with E-state index in [0.717, 1.165) is 5.56 Å². The predicted molar refractivity (Wildman–Crippen MR) is 72.1 cm³/mol. The number of carboxylic acids is 1. The quantitative estimate of drug-likeness (QED) is 0.817. The summed E-state index contributed by atoms with van der Waals surface area (Å²) in [6.07, 6.45) is 0.561. The second-order valence-corrected chi connectivity index (χ2v) is 5.00. The Morgan fingerprint density at radius 3 is 2.80 bits per heavy atom. The van der Waals surface area contributed by atoms with Crippen molar-refractivity contribution in [2.75, 3.05) is 13.2 Å². The first-order chi connectivity index (χ1) is 9.52. The molecule has 1 saturated carbocycles. The van der Waals surface area contributed by atoms with Gasteiger partial charge in [0.1, 0.15) is 5.75 Å². The molecule has 0 bridgehead atoms. The summed E-state index contributed by atoms with van der Waals surface area (Å²) in [5.74, 6) is -1.32. The van der Waals surface area contributed by atoms with Crippen LogP contribution < -0.4 is 4.74 Å². The zero-order valence-corrected chi connectivity index (χ0v) is 11.7. The monoisotopic (exact) mass is 298 g/mol. The highest BCUT2D eigenvalue weighted by Crippen LogP contribution is 2.51. The van der Waals surface area contributed by atoms with Crippen LogP contribution in [0.1, 0.15) is 24.8 Å². The summed E-state index contributed by atoms with van der Waals surface area (Å²) in [4.78, 5) is 22.2. The van der Waals surface area contributed by atoms with Gasteiger partial charge in [0, 0.05) is 10.9 Å². The Labute approximate surface area is 121 Å². The minimum Gasteiger partial charge on any atom is -0.482 e. The Hall–Kier alpha value is -1.75. The first-order valence-electron chi connectivity index (χ1n) is 6.33. The van der Waals surface area contributed by atoms with Crippen LogP contribution in [-0.4, -0.2) is 30.3 Å².